The Kier molecular flexibility index (Phi) is 3.45. The number of fused-ring (bicyclic) bond motifs is 1. The minimum absolute atomic E-state index is 0.176. The molecule has 0 aliphatic heterocycles. The molecular weight excluding hydrogens is 280 g/mol. The van der Waals surface area contributed by atoms with Crippen molar-refractivity contribution < 1.29 is 0 Å². The van der Waals surface area contributed by atoms with Gasteiger partial charge in [-0.3, -0.25) is 0 Å². The van der Waals surface area contributed by atoms with Crippen LogP contribution >= 0.6 is 11.3 Å². The van der Waals surface area contributed by atoms with E-state index in [4.69, 9.17) is 10.7 Å². The van der Waals surface area contributed by atoms with Gasteiger partial charge in [0, 0.05) is 22.7 Å². The molecule has 21 heavy (non-hydrogen) atoms. The zero-order valence-corrected chi connectivity index (χ0v) is 13.6. The third-order valence-electron chi connectivity index (χ3n) is 3.64. The number of rotatable bonds is 3. The van der Waals surface area contributed by atoms with Gasteiger partial charge in [-0.15, -0.1) is 11.3 Å². The van der Waals surface area contributed by atoms with E-state index in [1.807, 2.05) is 19.1 Å². The fourth-order valence-corrected chi connectivity index (χ4v) is 3.47. The lowest BCUT2D eigenvalue weighted by Crippen LogP contribution is -2.11. The normalized spacial score (nSPS) is 13.2. The molecule has 1 atom stereocenters. The first-order chi connectivity index (χ1) is 9.97. The third kappa shape index (κ3) is 2.42. The fraction of sp³-hybridized carbons (Fsp3) is 0.375. The number of benzene rings is 1. The number of anilines is 1. The largest absolute Gasteiger partial charge is 0.399 e. The van der Waals surface area contributed by atoms with Crippen LogP contribution in [0.4, 0.5) is 5.69 Å². The number of imidazole rings is 1. The molecule has 2 heterocycles. The van der Waals surface area contributed by atoms with E-state index in [1.165, 1.54) is 0 Å². The number of nitrogen functional groups attached to an aromatic ring is 1. The predicted octanol–water partition coefficient (Wildman–Crippen LogP) is 4.12. The molecule has 110 valence electrons. The molecule has 0 spiro atoms. The zero-order chi connectivity index (χ0) is 15.1. The van der Waals surface area contributed by atoms with E-state index < -0.39 is 0 Å². The van der Waals surface area contributed by atoms with Crippen LogP contribution in [0.2, 0.25) is 0 Å². The van der Waals surface area contributed by atoms with Crippen molar-refractivity contribution in [3.05, 3.63) is 40.1 Å². The summed E-state index contributed by atoms with van der Waals surface area (Å²) in [6, 6.07) is 6.11. The second kappa shape index (κ2) is 5.15. The van der Waals surface area contributed by atoms with E-state index in [2.05, 4.69) is 41.8 Å². The van der Waals surface area contributed by atoms with Crippen LogP contribution in [0.1, 0.15) is 49.3 Å². The highest BCUT2D eigenvalue weighted by Gasteiger charge is 2.21. The summed E-state index contributed by atoms with van der Waals surface area (Å²) in [6.45, 7) is 8.55. The maximum atomic E-state index is 5.89. The number of aryl methyl sites for hydroxylation is 1. The van der Waals surface area contributed by atoms with Crippen LogP contribution in [0, 0.1) is 6.92 Å². The lowest BCUT2D eigenvalue weighted by atomic mass is 10.2. The molecule has 2 aromatic heterocycles. The van der Waals surface area contributed by atoms with Crippen LogP contribution in [0.25, 0.3) is 11.0 Å². The predicted molar refractivity (Wildman–Crippen MR) is 88.9 cm³/mol. The van der Waals surface area contributed by atoms with E-state index in [0.717, 1.165) is 33.2 Å². The number of aromatic nitrogens is 3. The standard InChI is InChI=1S/C16H20N4S/c1-9(2)15-19-13-7-12(17)5-6-14(13)20(15)11(4)16-18-10(3)8-21-16/h5-9,11H,17H2,1-4H3. The van der Waals surface area contributed by atoms with Gasteiger partial charge >= 0.3 is 0 Å². The van der Waals surface area contributed by atoms with Gasteiger partial charge in [0.1, 0.15) is 10.8 Å². The van der Waals surface area contributed by atoms with Crippen molar-refractivity contribution in [1.82, 2.24) is 14.5 Å². The number of thiazole rings is 1. The smallest absolute Gasteiger partial charge is 0.116 e. The summed E-state index contributed by atoms with van der Waals surface area (Å²) in [6.07, 6.45) is 0. The molecular formula is C16H20N4S. The quantitative estimate of drug-likeness (QED) is 0.740. The average molecular weight is 300 g/mol. The lowest BCUT2D eigenvalue weighted by Gasteiger charge is -2.17. The minimum atomic E-state index is 0.176. The zero-order valence-electron chi connectivity index (χ0n) is 12.8. The van der Waals surface area contributed by atoms with Gasteiger partial charge < -0.3 is 10.3 Å². The summed E-state index contributed by atoms with van der Waals surface area (Å²) < 4.78 is 2.29. The second-order valence-corrected chi connectivity index (χ2v) is 6.64. The lowest BCUT2D eigenvalue weighted by molar-refractivity contribution is 0.590. The highest BCUT2D eigenvalue weighted by Crippen LogP contribution is 2.31. The molecule has 0 amide bonds. The Morgan fingerprint density at radius 1 is 1.19 bits per heavy atom. The van der Waals surface area contributed by atoms with Crippen molar-refractivity contribution in [3.8, 4) is 0 Å². The van der Waals surface area contributed by atoms with Crippen LogP contribution in [-0.2, 0) is 0 Å². The maximum absolute atomic E-state index is 5.89. The summed E-state index contributed by atoms with van der Waals surface area (Å²) >= 11 is 1.70. The summed E-state index contributed by atoms with van der Waals surface area (Å²) in [7, 11) is 0. The van der Waals surface area contributed by atoms with E-state index in [-0.39, 0.29) is 6.04 Å². The molecule has 0 bridgehead atoms. The first-order valence-corrected chi connectivity index (χ1v) is 8.04. The second-order valence-electron chi connectivity index (χ2n) is 5.75. The fourth-order valence-electron chi connectivity index (χ4n) is 2.62. The Morgan fingerprint density at radius 3 is 2.57 bits per heavy atom. The Balaban J connectivity index is 2.21. The van der Waals surface area contributed by atoms with Gasteiger partial charge in [0.15, 0.2) is 0 Å². The van der Waals surface area contributed by atoms with Crippen molar-refractivity contribution >= 4 is 28.1 Å². The molecule has 0 saturated carbocycles. The molecule has 3 aromatic rings. The van der Waals surface area contributed by atoms with E-state index in [0.29, 0.717) is 5.92 Å². The molecule has 0 aliphatic carbocycles. The minimum Gasteiger partial charge on any atom is -0.399 e. The third-order valence-corrected chi connectivity index (χ3v) is 4.77. The summed E-state index contributed by atoms with van der Waals surface area (Å²) in [4.78, 5) is 9.42. The van der Waals surface area contributed by atoms with Gasteiger partial charge in [-0.05, 0) is 32.0 Å². The van der Waals surface area contributed by atoms with Gasteiger partial charge in [-0.2, -0.15) is 0 Å². The maximum Gasteiger partial charge on any atom is 0.116 e. The van der Waals surface area contributed by atoms with Crippen molar-refractivity contribution in [3.63, 3.8) is 0 Å². The molecule has 5 heteroatoms. The van der Waals surface area contributed by atoms with Gasteiger partial charge in [-0.1, -0.05) is 13.8 Å². The highest BCUT2D eigenvalue weighted by molar-refractivity contribution is 7.09. The van der Waals surface area contributed by atoms with Crippen molar-refractivity contribution in [2.24, 2.45) is 0 Å². The monoisotopic (exact) mass is 300 g/mol. The first kappa shape index (κ1) is 14.1. The highest BCUT2D eigenvalue weighted by atomic mass is 32.1. The van der Waals surface area contributed by atoms with Crippen molar-refractivity contribution in [1.29, 1.82) is 0 Å². The summed E-state index contributed by atoms with van der Waals surface area (Å²) in [5.41, 5.74) is 9.79. The van der Waals surface area contributed by atoms with Crippen molar-refractivity contribution in [2.45, 2.75) is 39.7 Å². The molecule has 4 nitrogen and oxygen atoms in total. The molecule has 1 unspecified atom stereocenters. The topological polar surface area (TPSA) is 56.7 Å². The van der Waals surface area contributed by atoms with Gasteiger partial charge in [0.25, 0.3) is 0 Å². The molecule has 3 rings (SSSR count). The number of nitrogens with zero attached hydrogens (tertiary/aromatic N) is 3. The van der Waals surface area contributed by atoms with Crippen LogP contribution in [0.3, 0.4) is 0 Å². The molecule has 0 fully saturated rings. The molecule has 0 radical (unpaired) electrons. The molecule has 1 aromatic carbocycles. The van der Waals surface area contributed by atoms with Crippen LogP contribution in [0.5, 0.6) is 0 Å². The van der Waals surface area contributed by atoms with Crippen LogP contribution < -0.4 is 5.73 Å². The Morgan fingerprint density at radius 2 is 1.95 bits per heavy atom. The van der Waals surface area contributed by atoms with Crippen LogP contribution in [-0.4, -0.2) is 14.5 Å². The molecule has 0 aliphatic rings. The van der Waals surface area contributed by atoms with E-state index in [1.54, 1.807) is 11.3 Å². The van der Waals surface area contributed by atoms with Crippen molar-refractivity contribution in [2.75, 3.05) is 5.73 Å². The van der Waals surface area contributed by atoms with Gasteiger partial charge in [-0.25, -0.2) is 9.97 Å². The Labute approximate surface area is 128 Å². The number of nitrogens with two attached hydrogens (primary N) is 1. The Hall–Kier alpha value is -1.88. The van der Waals surface area contributed by atoms with Gasteiger partial charge in [0.05, 0.1) is 17.1 Å². The summed E-state index contributed by atoms with van der Waals surface area (Å²) in [5.74, 6) is 1.43. The van der Waals surface area contributed by atoms with Gasteiger partial charge in [0.2, 0.25) is 0 Å². The average Bonchev–Trinajstić information content (AvgIpc) is 3.01. The molecule has 0 saturated heterocycles. The SMILES string of the molecule is Cc1csc(C(C)n2c(C(C)C)nc3cc(N)ccc32)n1. The Bertz CT molecular complexity index is 785. The van der Waals surface area contributed by atoms with E-state index in [9.17, 15) is 0 Å². The molecule has 2 N–H and O–H groups in total. The summed E-state index contributed by atoms with van der Waals surface area (Å²) in [5, 5.41) is 3.21. The first-order valence-electron chi connectivity index (χ1n) is 7.16. The number of hydrogen-bond donors (Lipinski definition) is 1. The van der Waals surface area contributed by atoms with Crippen LogP contribution in [0.15, 0.2) is 23.6 Å². The van der Waals surface area contributed by atoms with E-state index >= 15 is 0 Å². The number of hydrogen-bond acceptors (Lipinski definition) is 4.